The van der Waals surface area contributed by atoms with Crippen LogP contribution in [0.4, 0.5) is 5.69 Å². The number of anilines is 1. The number of benzene rings is 2. The van der Waals surface area contributed by atoms with E-state index in [2.05, 4.69) is 15.7 Å². The maximum Gasteiger partial charge on any atom is 0.276 e. The van der Waals surface area contributed by atoms with Crippen molar-refractivity contribution in [3.63, 3.8) is 0 Å². The molecule has 7 nitrogen and oxygen atoms in total. The molecule has 7 heteroatoms. The lowest BCUT2D eigenvalue weighted by Gasteiger charge is -2.12. The quantitative estimate of drug-likeness (QED) is 0.700. The van der Waals surface area contributed by atoms with Gasteiger partial charge in [-0.3, -0.25) is 14.4 Å². The fraction of sp³-hybridized carbons (Fsp3) is 0.182. The number of carbonyl (C=O) groups excluding carboxylic acids is 2. The molecule has 0 bridgehead atoms. The third kappa shape index (κ3) is 4.57. The van der Waals surface area contributed by atoms with Crippen molar-refractivity contribution in [2.24, 2.45) is 0 Å². The molecule has 2 amide bonds. The summed E-state index contributed by atoms with van der Waals surface area (Å²) >= 11 is 0. The molecule has 0 fully saturated rings. The Morgan fingerprint density at radius 2 is 1.72 bits per heavy atom. The SMILES string of the molecule is Cc1cccc(NC(=O)CNC(=O)c2nn(-c3ccccc3)c(C)cc2=O)c1C. The highest BCUT2D eigenvalue weighted by atomic mass is 16.2. The molecule has 0 aliphatic rings. The molecule has 0 aliphatic carbocycles. The number of hydrogen-bond acceptors (Lipinski definition) is 4. The molecular weight excluding hydrogens is 368 g/mol. The van der Waals surface area contributed by atoms with E-state index in [1.54, 1.807) is 13.0 Å². The highest BCUT2D eigenvalue weighted by molar-refractivity contribution is 5.98. The number of carbonyl (C=O) groups is 2. The van der Waals surface area contributed by atoms with Crippen LogP contribution in [0.1, 0.15) is 27.3 Å². The van der Waals surface area contributed by atoms with Crippen LogP contribution in [0.3, 0.4) is 0 Å². The van der Waals surface area contributed by atoms with Crippen molar-refractivity contribution in [2.45, 2.75) is 20.8 Å². The maximum atomic E-state index is 12.5. The van der Waals surface area contributed by atoms with E-state index in [9.17, 15) is 14.4 Å². The van der Waals surface area contributed by atoms with Crippen molar-refractivity contribution < 1.29 is 9.59 Å². The smallest absolute Gasteiger partial charge is 0.276 e. The Morgan fingerprint density at radius 1 is 1.00 bits per heavy atom. The van der Waals surface area contributed by atoms with E-state index in [0.29, 0.717) is 11.4 Å². The van der Waals surface area contributed by atoms with Crippen LogP contribution in [-0.2, 0) is 4.79 Å². The molecule has 0 atom stereocenters. The Bertz CT molecular complexity index is 1120. The zero-order chi connectivity index (χ0) is 21.0. The van der Waals surface area contributed by atoms with Crippen LogP contribution in [0.25, 0.3) is 5.69 Å². The van der Waals surface area contributed by atoms with E-state index in [1.165, 1.54) is 10.7 Å². The van der Waals surface area contributed by atoms with Crippen LogP contribution in [0.5, 0.6) is 0 Å². The van der Waals surface area contributed by atoms with Gasteiger partial charge in [-0.25, -0.2) is 4.68 Å². The zero-order valence-corrected chi connectivity index (χ0v) is 16.5. The van der Waals surface area contributed by atoms with E-state index in [1.807, 2.05) is 56.3 Å². The molecule has 148 valence electrons. The van der Waals surface area contributed by atoms with Crippen LogP contribution in [0.2, 0.25) is 0 Å². The molecule has 1 heterocycles. The second kappa shape index (κ2) is 8.52. The van der Waals surface area contributed by atoms with E-state index < -0.39 is 11.3 Å². The van der Waals surface area contributed by atoms with Crippen molar-refractivity contribution in [2.75, 3.05) is 11.9 Å². The Kier molecular flexibility index (Phi) is 5.87. The number of rotatable bonds is 5. The molecule has 0 spiro atoms. The van der Waals surface area contributed by atoms with Crippen LogP contribution in [-0.4, -0.2) is 28.1 Å². The summed E-state index contributed by atoms with van der Waals surface area (Å²) in [4.78, 5) is 36.9. The van der Waals surface area contributed by atoms with Gasteiger partial charge in [-0.2, -0.15) is 5.10 Å². The molecule has 0 saturated carbocycles. The third-order valence-electron chi connectivity index (χ3n) is 4.61. The first-order valence-corrected chi connectivity index (χ1v) is 9.17. The number of nitrogens with one attached hydrogen (secondary N) is 2. The first-order valence-electron chi connectivity index (χ1n) is 9.17. The highest BCUT2D eigenvalue weighted by Crippen LogP contribution is 2.17. The molecule has 3 rings (SSSR count). The topological polar surface area (TPSA) is 93.1 Å². The van der Waals surface area contributed by atoms with Crippen molar-refractivity contribution >= 4 is 17.5 Å². The molecule has 29 heavy (non-hydrogen) atoms. The Balaban J connectivity index is 1.73. The number of para-hydroxylation sites is 1. The lowest BCUT2D eigenvalue weighted by molar-refractivity contribution is -0.115. The first-order chi connectivity index (χ1) is 13.9. The second-order valence-corrected chi connectivity index (χ2v) is 6.72. The van der Waals surface area contributed by atoms with Gasteiger partial charge < -0.3 is 10.6 Å². The molecule has 3 aromatic rings. The Morgan fingerprint density at radius 3 is 2.45 bits per heavy atom. The van der Waals surface area contributed by atoms with Gasteiger partial charge in [0, 0.05) is 17.4 Å². The molecule has 2 N–H and O–H groups in total. The summed E-state index contributed by atoms with van der Waals surface area (Å²) in [6.45, 7) is 5.33. The summed E-state index contributed by atoms with van der Waals surface area (Å²) in [6.07, 6.45) is 0. The van der Waals surface area contributed by atoms with Crippen molar-refractivity contribution in [3.05, 3.63) is 87.3 Å². The number of aromatic nitrogens is 2. The lowest BCUT2D eigenvalue weighted by Crippen LogP contribution is -2.37. The van der Waals surface area contributed by atoms with E-state index in [-0.39, 0.29) is 18.1 Å². The average molecular weight is 390 g/mol. The fourth-order valence-corrected chi connectivity index (χ4v) is 2.86. The van der Waals surface area contributed by atoms with Crippen LogP contribution in [0.15, 0.2) is 59.4 Å². The van der Waals surface area contributed by atoms with Crippen molar-refractivity contribution in [1.29, 1.82) is 0 Å². The van der Waals surface area contributed by atoms with Gasteiger partial charge in [-0.05, 0) is 50.1 Å². The molecule has 0 aliphatic heterocycles. The summed E-state index contributed by atoms with van der Waals surface area (Å²) in [5, 5.41) is 9.42. The number of amides is 2. The van der Waals surface area contributed by atoms with Crippen molar-refractivity contribution in [3.8, 4) is 5.69 Å². The van der Waals surface area contributed by atoms with Crippen LogP contribution in [0, 0.1) is 20.8 Å². The second-order valence-electron chi connectivity index (χ2n) is 6.72. The lowest BCUT2D eigenvalue weighted by atomic mass is 10.1. The maximum absolute atomic E-state index is 12.5. The van der Waals surface area contributed by atoms with Gasteiger partial charge in [0.25, 0.3) is 5.91 Å². The largest absolute Gasteiger partial charge is 0.341 e. The highest BCUT2D eigenvalue weighted by Gasteiger charge is 2.16. The Labute approximate surface area is 168 Å². The minimum Gasteiger partial charge on any atom is -0.341 e. The monoisotopic (exact) mass is 390 g/mol. The summed E-state index contributed by atoms with van der Waals surface area (Å²) in [5.41, 5.74) is 3.26. The van der Waals surface area contributed by atoms with Gasteiger partial charge in [0.1, 0.15) is 0 Å². The first kappa shape index (κ1) is 20.0. The number of aryl methyl sites for hydroxylation is 2. The van der Waals surface area contributed by atoms with Crippen molar-refractivity contribution in [1.82, 2.24) is 15.1 Å². The molecule has 0 saturated heterocycles. The predicted octanol–water partition coefficient (Wildman–Crippen LogP) is 2.53. The van der Waals surface area contributed by atoms with Gasteiger partial charge >= 0.3 is 0 Å². The number of nitrogens with zero attached hydrogens (tertiary/aromatic N) is 2. The molecular formula is C22H22N4O3. The summed E-state index contributed by atoms with van der Waals surface area (Å²) < 4.78 is 1.52. The van der Waals surface area contributed by atoms with Gasteiger partial charge in [0.05, 0.1) is 12.2 Å². The van der Waals surface area contributed by atoms with E-state index >= 15 is 0 Å². The standard InChI is InChI=1S/C22H22N4O3/c1-14-8-7-11-18(16(14)3)24-20(28)13-23-22(29)21-19(27)12-15(2)26(25-21)17-9-5-4-6-10-17/h4-12H,13H2,1-3H3,(H,23,29)(H,24,28). The van der Waals surface area contributed by atoms with E-state index in [0.717, 1.165) is 16.8 Å². The van der Waals surface area contributed by atoms with Gasteiger partial charge in [-0.1, -0.05) is 30.3 Å². The van der Waals surface area contributed by atoms with Gasteiger partial charge in [-0.15, -0.1) is 0 Å². The predicted molar refractivity (Wildman–Crippen MR) is 111 cm³/mol. The third-order valence-corrected chi connectivity index (χ3v) is 4.61. The van der Waals surface area contributed by atoms with E-state index in [4.69, 9.17) is 0 Å². The average Bonchev–Trinajstić information content (AvgIpc) is 2.70. The van der Waals surface area contributed by atoms with Gasteiger partial charge in [0.2, 0.25) is 11.3 Å². The number of hydrogen-bond donors (Lipinski definition) is 2. The van der Waals surface area contributed by atoms with Gasteiger partial charge in [0.15, 0.2) is 5.69 Å². The Hall–Kier alpha value is -3.74. The molecule has 2 aromatic carbocycles. The van der Waals surface area contributed by atoms with Crippen LogP contribution < -0.4 is 16.1 Å². The molecule has 0 unspecified atom stereocenters. The normalized spacial score (nSPS) is 10.4. The summed E-state index contributed by atoms with van der Waals surface area (Å²) in [7, 11) is 0. The molecule has 1 aromatic heterocycles. The van der Waals surface area contributed by atoms with Crippen LogP contribution >= 0.6 is 0 Å². The summed E-state index contributed by atoms with van der Waals surface area (Å²) in [5.74, 6) is -1.08. The fourth-order valence-electron chi connectivity index (χ4n) is 2.86. The minimum atomic E-state index is -0.698. The minimum absolute atomic E-state index is 0.265. The zero-order valence-electron chi connectivity index (χ0n) is 16.5. The molecule has 0 radical (unpaired) electrons. The summed E-state index contributed by atoms with van der Waals surface area (Å²) in [6, 6.07) is 16.1.